The molecule has 0 spiro atoms. The minimum absolute atomic E-state index is 0.198. The molecule has 1 aromatic rings. The molecule has 2 rings (SSSR count). The Kier molecular flexibility index (Phi) is 4.14. The van der Waals surface area contributed by atoms with Gasteiger partial charge in [-0.3, -0.25) is 0 Å². The van der Waals surface area contributed by atoms with Crippen LogP contribution in [0.5, 0.6) is 0 Å². The van der Waals surface area contributed by atoms with Gasteiger partial charge in [-0.05, 0) is 33.6 Å². The maximum Gasteiger partial charge on any atom is 0.264 e. The van der Waals surface area contributed by atoms with Crippen LogP contribution in [0.4, 0.5) is 5.13 Å². The molecule has 1 fully saturated rings. The number of anilines is 1. The standard InChI is InChI=1S/C11H20N4O2S2/c1-7-5-4-6-8(2)15(7)14-19(16,17)10-9(3)13-11(12)18-10/h7-8,14H,4-6H2,1-3H3,(H2,12,13). The van der Waals surface area contributed by atoms with Gasteiger partial charge in [0.2, 0.25) is 0 Å². The van der Waals surface area contributed by atoms with Crippen LogP contribution in [0, 0.1) is 6.92 Å². The second-order valence-electron chi connectivity index (χ2n) is 5.06. The Morgan fingerprint density at radius 1 is 1.37 bits per heavy atom. The first-order valence-corrected chi connectivity index (χ1v) is 8.65. The number of nitrogens with two attached hydrogens (primary N) is 1. The van der Waals surface area contributed by atoms with Crippen LogP contribution in [0.25, 0.3) is 0 Å². The first-order chi connectivity index (χ1) is 8.81. The zero-order valence-electron chi connectivity index (χ0n) is 11.4. The number of nitrogens with zero attached hydrogens (tertiary/aromatic N) is 2. The van der Waals surface area contributed by atoms with E-state index in [2.05, 4.69) is 9.82 Å². The number of sulfonamides is 1. The van der Waals surface area contributed by atoms with E-state index < -0.39 is 10.0 Å². The summed E-state index contributed by atoms with van der Waals surface area (Å²) in [6.07, 6.45) is 3.13. The van der Waals surface area contributed by atoms with Crippen LogP contribution in [0.2, 0.25) is 0 Å². The van der Waals surface area contributed by atoms with E-state index >= 15 is 0 Å². The molecule has 0 bridgehead atoms. The predicted molar refractivity (Wildman–Crippen MR) is 76.2 cm³/mol. The third kappa shape index (κ3) is 3.07. The Bertz CT molecular complexity index is 545. The van der Waals surface area contributed by atoms with Gasteiger partial charge in [0.15, 0.2) is 9.34 Å². The molecule has 3 N–H and O–H groups in total. The highest BCUT2D eigenvalue weighted by Gasteiger charge is 2.31. The highest BCUT2D eigenvalue weighted by molar-refractivity contribution is 7.91. The molecule has 2 unspecified atom stereocenters. The fourth-order valence-corrected chi connectivity index (χ4v) is 4.96. The van der Waals surface area contributed by atoms with E-state index in [1.807, 2.05) is 18.9 Å². The van der Waals surface area contributed by atoms with Gasteiger partial charge in [-0.25, -0.2) is 18.4 Å². The van der Waals surface area contributed by atoms with Crippen molar-refractivity contribution in [2.45, 2.75) is 56.3 Å². The molecule has 1 aromatic heterocycles. The number of hydrogen-bond acceptors (Lipinski definition) is 6. The van der Waals surface area contributed by atoms with Gasteiger partial charge in [0.25, 0.3) is 10.0 Å². The van der Waals surface area contributed by atoms with Crippen molar-refractivity contribution in [1.29, 1.82) is 0 Å². The Morgan fingerprint density at radius 2 is 1.95 bits per heavy atom. The highest BCUT2D eigenvalue weighted by atomic mass is 32.2. The van der Waals surface area contributed by atoms with E-state index in [9.17, 15) is 8.42 Å². The maximum absolute atomic E-state index is 12.4. The summed E-state index contributed by atoms with van der Waals surface area (Å²) < 4.78 is 25.0. The fraction of sp³-hybridized carbons (Fsp3) is 0.727. The lowest BCUT2D eigenvalue weighted by atomic mass is 10.0. The number of aromatic nitrogens is 1. The normalized spacial score (nSPS) is 25.6. The van der Waals surface area contributed by atoms with Gasteiger partial charge in [-0.15, -0.1) is 4.83 Å². The van der Waals surface area contributed by atoms with Crippen LogP contribution >= 0.6 is 11.3 Å². The lowest BCUT2D eigenvalue weighted by Crippen LogP contribution is -2.53. The van der Waals surface area contributed by atoms with Crippen LogP contribution in [-0.2, 0) is 10.0 Å². The van der Waals surface area contributed by atoms with Crippen LogP contribution in [0.15, 0.2) is 4.21 Å². The van der Waals surface area contributed by atoms with E-state index in [4.69, 9.17) is 5.73 Å². The number of thiazole rings is 1. The minimum atomic E-state index is -3.58. The van der Waals surface area contributed by atoms with Gasteiger partial charge >= 0.3 is 0 Å². The van der Waals surface area contributed by atoms with Crippen molar-refractivity contribution >= 4 is 26.5 Å². The van der Waals surface area contributed by atoms with Gasteiger partial charge in [0.1, 0.15) is 0 Å². The number of aryl methyl sites for hydroxylation is 1. The van der Waals surface area contributed by atoms with Crippen molar-refractivity contribution in [3.8, 4) is 0 Å². The van der Waals surface area contributed by atoms with E-state index in [0.717, 1.165) is 30.6 Å². The average molecular weight is 304 g/mol. The van der Waals surface area contributed by atoms with E-state index in [1.165, 1.54) is 0 Å². The van der Waals surface area contributed by atoms with E-state index in [0.29, 0.717) is 5.69 Å². The quantitative estimate of drug-likeness (QED) is 0.883. The van der Waals surface area contributed by atoms with Crippen molar-refractivity contribution < 1.29 is 8.42 Å². The molecule has 0 amide bonds. The molecule has 8 heteroatoms. The largest absolute Gasteiger partial charge is 0.375 e. The Morgan fingerprint density at radius 3 is 2.42 bits per heavy atom. The molecule has 0 aromatic carbocycles. The van der Waals surface area contributed by atoms with Gasteiger partial charge in [-0.2, -0.15) is 0 Å². The number of hydrazine groups is 1. The third-order valence-corrected chi connectivity index (χ3v) is 6.36. The zero-order valence-corrected chi connectivity index (χ0v) is 13.0. The monoisotopic (exact) mass is 304 g/mol. The fourth-order valence-electron chi connectivity index (χ4n) is 2.43. The van der Waals surface area contributed by atoms with Crippen molar-refractivity contribution in [1.82, 2.24) is 14.8 Å². The topological polar surface area (TPSA) is 88.3 Å². The van der Waals surface area contributed by atoms with Gasteiger partial charge in [-0.1, -0.05) is 17.8 Å². The Balaban J connectivity index is 2.23. The van der Waals surface area contributed by atoms with Crippen molar-refractivity contribution in [3.05, 3.63) is 5.69 Å². The summed E-state index contributed by atoms with van der Waals surface area (Å²) >= 11 is 1.00. The van der Waals surface area contributed by atoms with Crippen LogP contribution in [0.1, 0.15) is 38.8 Å². The number of hydrogen-bond donors (Lipinski definition) is 2. The van der Waals surface area contributed by atoms with Crippen molar-refractivity contribution in [2.24, 2.45) is 0 Å². The van der Waals surface area contributed by atoms with Crippen molar-refractivity contribution in [2.75, 3.05) is 5.73 Å². The van der Waals surface area contributed by atoms with Gasteiger partial charge in [0.05, 0.1) is 5.69 Å². The van der Waals surface area contributed by atoms with Crippen molar-refractivity contribution in [3.63, 3.8) is 0 Å². The summed E-state index contributed by atoms with van der Waals surface area (Å²) in [5, 5.41) is 2.10. The summed E-state index contributed by atoms with van der Waals surface area (Å²) in [7, 11) is -3.58. The second kappa shape index (κ2) is 5.35. The Hall–Kier alpha value is -0.700. The molecule has 0 radical (unpaired) electrons. The molecule has 0 saturated carbocycles. The number of nitrogens with one attached hydrogen (secondary N) is 1. The number of piperidine rings is 1. The zero-order chi connectivity index (χ0) is 14.2. The van der Waals surface area contributed by atoms with Crippen LogP contribution in [0.3, 0.4) is 0 Å². The molecule has 2 atom stereocenters. The smallest absolute Gasteiger partial charge is 0.264 e. The number of nitrogen functional groups attached to an aromatic ring is 1. The molecule has 6 nitrogen and oxygen atoms in total. The first kappa shape index (κ1) is 14.7. The molecule has 19 heavy (non-hydrogen) atoms. The molecule has 1 aliphatic heterocycles. The summed E-state index contributed by atoms with van der Waals surface area (Å²) in [5.74, 6) is 0. The minimum Gasteiger partial charge on any atom is -0.375 e. The molecule has 1 saturated heterocycles. The molecule has 108 valence electrons. The van der Waals surface area contributed by atoms with Crippen LogP contribution < -0.4 is 10.6 Å². The van der Waals surface area contributed by atoms with Gasteiger partial charge < -0.3 is 5.73 Å². The van der Waals surface area contributed by atoms with E-state index in [-0.39, 0.29) is 21.4 Å². The molecule has 1 aliphatic rings. The van der Waals surface area contributed by atoms with E-state index in [1.54, 1.807) is 6.92 Å². The second-order valence-corrected chi connectivity index (χ2v) is 7.94. The first-order valence-electron chi connectivity index (χ1n) is 6.35. The molecule has 2 heterocycles. The van der Waals surface area contributed by atoms with Crippen LogP contribution in [-0.4, -0.2) is 30.5 Å². The molecular weight excluding hydrogens is 284 g/mol. The SMILES string of the molecule is Cc1nc(N)sc1S(=O)(=O)NN1C(C)CCCC1C. The number of rotatable bonds is 3. The molecular formula is C11H20N4O2S2. The van der Waals surface area contributed by atoms with Gasteiger partial charge in [0, 0.05) is 12.1 Å². The Labute approximate surface area is 118 Å². The predicted octanol–water partition coefficient (Wildman–Crippen LogP) is 1.49. The lowest BCUT2D eigenvalue weighted by molar-refractivity contribution is 0.0791. The summed E-state index contributed by atoms with van der Waals surface area (Å²) in [4.78, 5) is 6.65. The summed E-state index contributed by atoms with van der Waals surface area (Å²) in [5.41, 5.74) is 6.02. The average Bonchev–Trinajstić information content (AvgIpc) is 2.64. The third-order valence-electron chi connectivity index (χ3n) is 3.43. The maximum atomic E-state index is 12.4. The highest BCUT2D eigenvalue weighted by Crippen LogP contribution is 2.27. The summed E-state index contributed by atoms with van der Waals surface area (Å²) in [6.45, 7) is 5.72. The molecule has 0 aliphatic carbocycles. The lowest BCUT2D eigenvalue weighted by Gasteiger charge is -2.38. The summed E-state index contributed by atoms with van der Waals surface area (Å²) in [6, 6.07) is 0.396.